The van der Waals surface area contributed by atoms with Gasteiger partial charge >= 0.3 is 0 Å². The maximum Gasteiger partial charge on any atom is 0.139 e. The van der Waals surface area contributed by atoms with Crippen molar-refractivity contribution in [2.24, 2.45) is 4.99 Å². The highest BCUT2D eigenvalue weighted by atomic mass is 19.1. The van der Waals surface area contributed by atoms with Crippen molar-refractivity contribution in [2.75, 3.05) is 6.61 Å². The van der Waals surface area contributed by atoms with Gasteiger partial charge in [-0.3, -0.25) is 19.8 Å². The van der Waals surface area contributed by atoms with Crippen LogP contribution in [0, 0.1) is 12.7 Å². The van der Waals surface area contributed by atoms with Gasteiger partial charge in [0.05, 0.1) is 18.4 Å². The van der Waals surface area contributed by atoms with Crippen molar-refractivity contribution < 1.29 is 13.9 Å². The van der Waals surface area contributed by atoms with E-state index in [0.29, 0.717) is 19.6 Å². The molecule has 0 spiro atoms. The van der Waals surface area contributed by atoms with Crippen LogP contribution in [0.25, 0.3) is 0 Å². The summed E-state index contributed by atoms with van der Waals surface area (Å²) in [6.07, 6.45) is 6.14. The lowest BCUT2D eigenvalue weighted by Crippen LogP contribution is -2.22. The van der Waals surface area contributed by atoms with Gasteiger partial charge < -0.3 is 4.74 Å². The van der Waals surface area contributed by atoms with Crippen LogP contribution in [0.4, 0.5) is 4.39 Å². The van der Waals surface area contributed by atoms with E-state index in [0.717, 1.165) is 52.2 Å². The van der Waals surface area contributed by atoms with E-state index < -0.39 is 0 Å². The Morgan fingerprint density at radius 2 is 2.03 bits per heavy atom. The fourth-order valence-corrected chi connectivity index (χ4v) is 4.79. The van der Waals surface area contributed by atoms with E-state index >= 15 is 0 Å². The number of nitrogens with zero attached hydrogens (tertiary/aromatic N) is 3. The standard InChI is InChI=1S/C27H26FN3O2/c1-17-11-19(8-9-29-17)27-25-16-30-22(12-20(25)15-31-27)13-23(32)14-24(26-3-2-10-33-26)18-4-6-21(28)7-5-18/h4-9,11-12,16,24,26H,2-3,10,13-15H2,1H3. The van der Waals surface area contributed by atoms with Crippen LogP contribution in [-0.2, 0) is 22.5 Å². The minimum atomic E-state index is -0.276. The van der Waals surface area contributed by atoms with Crippen LogP contribution in [0.15, 0.2) is 59.9 Å². The second kappa shape index (κ2) is 9.32. The van der Waals surface area contributed by atoms with Gasteiger partial charge in [0.2, 0.25) is 0 Å². The summed E-state index contributed by atoms with van der Waals surface area (Å²) in [5.74, 6) is -0.238. The van der Waals surface area contributed by atoms with Crippen molar-refractivity contribution in [3.63, 3.8) is 0 Å². The van der Waals surface area contributed by atoms with Crippen LogP contribution in [0.2, 0.25) is 0 Å². The van der Waals surface area contributed by atoms with Gasteiger partial charge in [-0.15, -0.1) is 0 Å². The lowest BCUT2D eigenvalue weighted by molar-refractivity contribution is -0.119. The van der Waals surface area contributed by atoms with E-state index in [2.05, 4.69) is 9.97 Å². The Morgan fingerprint density at radius 3 is 2.79 bits per heavy atom. The molecular weight excluding hydrogens is 417 g/mol. The van der Waals surface area contributed by atoms with Crippen molar-refractivity contribution in [2.45, 2.75) is 51.2 Å². The lowest BCUT2D eigenvalue weighted by Gasteiger charge is -2.23. The molecule has 0 aliphatic carbocycles. The van der Waals surface area contributed by atoms with Crippen LogP contribution in [-0.4, -0.2) is 34.2 Å². The first kappa shape index (κ1) is 21.6. The lowest BCUT2D eigenvalue weighted by atomic mass is 9.86. The summed E-state index contributed by atoms with van der Waals surface area (Å²) in [6.45, 7) is 3.26. The van der Waals surface area contributed by atoms with E-state index in [-0.39, 0.29) is 30.0 Å². The molecule has 2 atom stereocenters. The Balaban J connectivity index is 1.30. The molecule has 0 radical (unpaired) electrons. The molecule has 0 amide bonds. The minimum absolute atomic E-state index is 0.00725. The normalized spacial score (nSPS) is 18.1. The van der Waals surface area contributed by atoms with Crippen molar-refractivity contribution >= 4 is 11.5 Å². The van der Waals surface area contributed by atoms with Gasteiger partial charge in [-0.05, 0) is 61.2 Å². The van der Waals surface area contributed by atoms with Gasteiger partial charge in [0.1, 0.15) is 11.6 Å². The summed E-state index contributed by atoms with van der Waals surface area (Å²) >= 11 is 0. The molecule has 2 aliphatic rings. The fraction of sp³-hybridized carbons (Fsp3) is 0.333. The molecule has 0 bridgehead atoms. The van der Waals surface area contributed by atoms with Crippen molar-refractivity contribution in [1.82, 2.24) is 9.97 Å². The highest BCUT2D eigenvalue weighted by molar-refractivity contribution is 6.15. The summed E-state index contributed by atoms with van der Waals surface area (Å²) in [7, 11) is 0. The Hall–Kier alpha value is -3.25. The largest absolute Gasteiger partial charge is 0.378 e. The molecule has 2 aromatic heterocycles. The zero-order chi connectivity index (χ0) is 22.8. The van der Waals surface area contributed by atoms with E-state index in [1.165, 1.54) is 12.1 Å². The summed E-state index contributed by atoms with van der Waals surface area (Å²) in [5.41, 5.74) is 6.71. The molecule has 2 aliphatic heterocycles. The van der Waals surface area contributed by atoms with Crippen molar-refractivity contribution in [3.05, 3.63) is 94.3 Å². The van der Waals surface area contributed by atoms with Crippen molar-refractivity contribution in [3.8, 4) is 0 Å². The third-order valence-electron chi connectivity index (χ3n) is 6.42. The quantitative estimate of drug-likeness (QED) is 0.529. The first-order chi connectivity index (χ1) is 16.1. The van der Waals surface area contributed by atoms with Gasteiger partial charge in [0.15, 0.2) is 0 Å². The fourth-order valence-electron chi connectivity index (χ4n) is 4.79. The van der Waals surface area contributed by atoms with Crippen LogP contribution in [0.5, 0.6) is 0 Å². The average molecular weight is 444 g/mol. The highest BCUT2D eigenvalue weighted by Crippen LogP contribution is 2.32. The summed E-state index contributed by atoms with van der Waals surface area (Å²) < 4.78 is 19.3. The number of aromatic nitrogens is 2. The predicted octanol–water partition coefficient (Wildman–Crippen LogP) is 4.74. The summed E-state index contributed by atoms with van der Waals surface area (Å²) in [5, 5.41) is 0. The number of halogens is 1. The molecule has 5 rings (SSSR count). The zero-order valence-corrected chi connectivity index (χ0v) is 18.6. The number of aliphatic imine (C=N–C) groups is 1. The molecule has 1 aromatic carbocycles. The van der Waals surface area contributed by atoms with Gasteiger partial charge in [-0.2, -0.15) is 0 Å². The van der Waals surface area contributed by atoms with Crippen molar-refractivity contribution in [1.29, 1.82) is 0 Å². The summed E-state index contributed by atoms with van der Waals surface area (Å²) in [6, 6.07) is 12.4. The Labute approximate surface area is 192 Å². The molecule has 1 fully saturated rings. The maximum atomic E-state index is 13.4. The number of benzene rings is 1. The van der Waals surface area contributed by atoms with Gasteiger partial charge in [-0.25, -0.2) is 4.39 Å². The first-order valence-corrected chi connectivity index (χ1v) is 11.4. The Bertz CT molecular complexity index is 1200. The molecule has 5 nitrogen and oxygen atoms in total. The van der Waals surface area contributed by atoms with Crippen LogP contribution < -0.4 is 0 Å². The number of carbonyl (C=O) groups excluding carboxylic acids is 1. The van der Waals surface area contributed by atoms with E-state index in [9.17, 15) is 9.18 Å². The zero-order valence-electron chi connectivity index (χ0n) is 18.6. The summed E-state index contributed by atoms with van der Waals surface area (Å²) in [4.78, 5) is 26.6. The number of hydrogen-bond donors (Lipinski definition) is 0. The number of ether oxygens (including phenoxy) is 1. The molecule has 2 unspecified atom stereocenters. The highest BCUT2D eigenvalue weighted by Gasteiger charge is 2.29. The van der Waals surface area contributed by atoms with Crippen LogP contribution in [0.3, 0.4) is 0 Å². The number of ketones is 1. The van der Waals surface area contributed by atoms with E-state index in [1.807, 2.05) is 31.3 Å². The molecule has 1 saturated heterocycles. The Kier molecular flexibility index (Phi) is 6.09. The molecular formula is C27H26FN3O2. The number of pyridine rings is 2. The SMILES string of the molecule is Cc1cc(C2=NCc3cc(CC(=O)CC(c4ccc(F)cc4)C4CCCO4)ncc32)ccn1. The van der Waals surface area contributed by atoms with Gasteiger partial charge in [-0.1, -0.05) is 12.1 Å². The number of fused-ring (bicyclic) bond motifs is 1. The molecule has 0 N–H and O–H groups in total. The first-order valence-electron chi connectivity index (χ1n) is 11.4. The molecule has 0 saturated carbocycles. The van der Waals surface area contributed by atoms with Gasteiger partial charge in [0.25, 0.3) is 0 Å². The topological polar surface area (TPSA) is 64.4 Å². The number of Topliss-reactive ketones (excluding diaryl/α,β-unsaturated/α-hetero) is 1. The number of rotatable bonds is 7. The number of carbonyl (C=O) groups is 1. The second-order valence-corrected chi connectivity index (χ2v) is 8.81. The number of hydrogen-bond acceptors (Lipinski definition) is 5. The van der Waals surface area contributed by atoms with Crippen LogP contribution >= 0.6 is 0 Å². The Morgan fingerprint density at radius 1 is 1.18 bits per heavy atom. The molecule has 6 heteroatoms. The average Bonchev–Trinajstić information content (AvgIpc) is 3.48. The smallest absolute Gasteiger partial charge is 0.139 e. The van der Waals surface area contributed by atoms with E-state index in [4.69, 9.17) is 9.73 Å². The van der Waals surface area contributed by atoms with Crippen LogP contribution in [0.1, 0.15) is 58.8 Å². The maximum absolute atomic E-state index is 13.4. The number of aryl methyl sites for hydroxylation is 1. The molecule has 3 aromatic rings. The third kappa shape index (κ3) is 4.76. The second-order valence-electron chi connectivity index (χ2n) is 8.81. The molecule has 33 heavy (non-hydrogen) atoms. The predicted molar refractivity (Wildman–Crippen MR) is 124 cm³/mol. The van der Waals surface area contributed by atoms with E-state index in [1.54, 1.807) is 18.3 Å². The molecule has 4 heterocycles. The third-order valence-corrected chi connectivity index (χ3v) is 6.42. The minimum Gasteiger partial charge on any atom is -0.378 e. The van der Waals surface area contributed by atoms with Gasteiger partial charge in [0, 0.05) is 60.3 Å². The monoisotopic (exact) mass is 443 g/mol. The molecule has 168 valence electrons.